The molecular formula is C16H21F2NO2. The average molecular weight is 297 g/mol. The Labute approximate surface area is 123 Å². The van der Waals surface area contributed by atoms with E-state index in [0.29, 0.717) is 24.3 Å². The molecule has 0 amide bonds. The Morgan fingerprint density at radius 2 is 2.00 bits per heavy atom. The lowest BCUT2D eigenvalue weighted by molar-refractivity contribution is -0.143. The van der Waals surface area contributed by atoms with Crippen molar-refractivity contribution in [2.24, 2.45) is 11.8 Å². The van der Waals surface area contributed by atoms with Crippen LogP contribution in [0.5, 0.6) is 0 Å². The van der Waals surface area contributed by atoms with Gasteiger partial charge in [0.2, 0.25) is 0 Å². The van der Waals surface area contributed by atoms with Gasteiger partial charge in [0.25, 0.3) is 0 Å². The molecule has 0 aromatic heterocycles. The summed E-state index contributed by atoms with van der Waals surface area (Å²) in [4.78, 5) is 10.9. The molecule has 2 N–H and O–H groups in total. The fourth-order valence-corrected chi connectivity index (χ4v) is 2.92. The van der Waals surface area contributed by atoms with Crippen molar-refractivity contribution in [1.82, 2.24) is 5.32 Å². The van der Waals surface area contributed by atoms with E-state index in [2.05, 4.69) is 5.32 Å². The zero-order chi connectivity index (χ0) is 15.4. The highest BCUT2D eigenvalue weighted by Crippen LogP contribution is 2.29. The Morgan fingerprint density at radius 1 is 1.33 bits per heavy atom. The second kappa shape index (κ2) is 6.98. The van der Waals surface area contributed by atoms with Crippen LogP contribution in [0.25, 0.3) is 0 Å². The van der Waals surface area contributed by atoms with Crippen LogP contribution in [0.2, 0.25) is 0 Å². The number of carbonyl (C=O) groups is 1. The molecule has 1 aromatic carbocycles. The van der Waals surface area contributed by atoms with Gasteiger partial charge in [0.1, 0.15) is 11.6 Å². The first-order valence-corrected chi connectivity index (χ1v) is 7.38. The molecule has 1 aliphatic carbocycles. The Hall–Kier alpha value is -1.49. The van der Waals surface area contributed by atoms with E-state index in [1.165, 1.54) is 12.1 Å². The lowest BCUT2D eigenvalue weighted by Gasteiger charge is -2.27. The normalized spacial score (nSPS) is 23.8. The molecule has 5 heteroatoms. The lowest BCUT2D eigenvalue weighted by atomic mass is 9.82. The lowest BCUT2D eigenvalue weighted by Crippen LogP contribution is -2.30. The highest BCUT2D eigenvalue weighted by molar-refractivity contribution is 5.69. The molecule has 1 unspecified atom stereocenters. The van der Waals surface area contributed by atoms with Gasteiger partial charge >= 0.3 is 5.97 Å². The first-order valence-electron chi connectivity index (χ1n) is 7.38. The Morgan fingerprint density at radius 3 is 2.57 bits per heavy atom. The minimum Gasteiger partial charge on any atom is -0.481 e. The molecule has 0 spiro atoms. The van der Waals surface area contributed by atoms with Gasteiger partial charge in [-0.2, -0.15) is 0 Å². The summed E-state index contributed by atoms with van der Waals surface area (Å²) < 4.78 is 26.5. The summed E-state index contributed by atoms with van der Waals surface area (Å²) in [6, 6.07) is 3.42. The monoisotopic (exact) mass is 297 g/mol. The van der Waals surface area contributed by atoms with Crippen molar-refractivity contribution in [1.29, 1.82) is 0 Å². The third-order valence-electron chi connectivity index (χ3n) is 4.34. The van der Waals surface area contributed by atoms with Crippen LogP contribution in [-0.4, -0.2) is 17.6 Å². The SMILES string of the molecule is CC(NCC1CCC(C(=O)O)CC1)c1ccc(F)cc1F. The van der Waals surface area contributed by atoms with Gasteiger partial charge < -0.3 is 10.4 Å². The number of hydrogen-bond acceptors (Lipinski definition) is 2. The van der Waals surface area contributed by atoms with Gasteiger partial charge in [-0.1, -0.05) is 6.07 Å². The van der Waals surface area contributed by atoms with Crippen molar-refractivity contribution < 1.29 is 18.7 Å². The Bertz CT molecular complexity index is 499. The first-order chi connectivity index (χ1) is 9.97. The maximum Gasteiger partial charge on any atom is 0.306 e. The molecule has 0 bridgehead atoms. The predicted octanol–water partition coefficient (Wildman–Crippen LogP) is 3.51. The number of carboxylic acid groups (broad SMARTS) is 1. The van der Waals surface area contributed by atoms with Crippen LogP contribution in [0.4, 0.5) is 8.78 Å². The van der Waals surface area contributed by atoms with Crippen molar-refractivity contribution in [2.45, 2.75) is 38.6 Å². The molecule has 0 radical (unpaired) electrons. The van der Waals surface area contributed by atoms with Gasteiger partial charge in [0.15, 0.2) is 0 Å². The van der Waals surface area contributed by atoms with Gasteiger partial charge in [0, 0.05) is 17.7 Å². The van der Waals surface area contributed by atoms with Crippen LogP contribution in [0.1, 0.15) is 44.2 Å². The van der Waals surface area contributed by atoms with E-state index < -0.39 is 17.6 Å². The number of carboxylic acids is 1. The van der Waals surface area contributed by atoms with Gasteiger partial charge in [0.05, 0.1) is 5.92 Å². The molecule has 116 valence electrons. The van der Waals surface area contributed by atoms with E-state index in [-0.39, 0.29) is 12.0 Å². The van der Waals surface area contributed by atoms with Crippen molar-refractivity contribution >= 4 is 5.97 Å². The zero-order valence-corrected chi connectivity index (χ0v) is 12.1. The van der Waals surface area contributed by atoms with Gasteiger partial charge in [-0.25, -0.2) is 8.78 Å². The number of halogens is 2. The fourth-order valence-electron chi connectivity index (χ4n) is 2.92. The van der Waals surface area contributed by atoms with Crippen molar-refractivity contribution in [3.05, 3.63) is 35.4 Å². The molecule has 1 aliphatic rings. The van der Waals surface area contributed by atoms with E-state index in [0.717, 1.165) is 25.5 Å². The number of hydrogen-bond donors (Lipinski definition) is 2. The van der Waals surface area contributed by atoms with Gasteiger partial charge in [-0.05, 0) is 51.1 Å². The molecule has 0 aliphatic heterocycles. The molecule has 3 nitrogen and oxygen atoms in total. The largest absolute Gasteiger partial charge is 0.481 e. The van der Waals surface area contributed by atoms with Crippen LogP contribution < -0.4 is 5.32 Å². The standard InChI is InChI=1S/C16H21F2NO2/c1-10(14-7-6-13(17)8-15(14)18)19-9-11-2-4-12(5-3-11)16(20)21/h6-8,10-12,19H,2-5,9H2,1H3,(H,20,21). The summed E-state index contributed by atoms with van der Waals surface area (Å²) in [6.07, 6.45) is 3.17. The molecule has 2 rings (SSSR count). The van der Waals surface area contributed by atoms with E-state index >= 15 is 0 Å². The topological polar surface area (TPSA) is 49.3 Å². The van der Waals surface area contributed by atoms with Gasteiger partial charge in [-0.15, -0.1) is 0 Å². The third-order valence-corrected chi connectivity index (χ3v) is 4.34. The molecule has 21 heavy (non-hydrogen) atoms. The van der Waals surface area contributed by atoms with Crippen molar-refractivity contribution in [3.63, 3.8) is 0 Å². The van der Waals surface area contributed by atoms with Gasteiger partial charge in [-0.3, -0.25) is 4.79 Å². The fraction of sp³-hybridized carbons (Fsp3) is 0.562. The maximum atomic E-state index is 13.7. The molecular weight excluding hydrogens is 276 g/mol. The minimum atomic E-state index is -0.705. The third kappa shape index (κ3) is 4.24. The summed E-state index contributed by atoms with van der Waals surface area (Å²) in [5, 5.41) is 12.2. The van der Waals surface area contributed by atoms with E-state index in [4.69, 9.17) is 5.11 Å². The number of benzene rings is 1. The quantitative estimate of drug-likeness (QED) is 0.874. The molecule has 1 saturated carbocycles. The van der Waals surface area contributed by atoms with Crippen molar-refractivity contribution in [3.8, 4) is 0 Å². The second-order valence-electron chi connectivity index (χ2n) is 5.85. The summed E-state index contributed by atoms with van der Waals surface area (Å²) in [6.45, 7) is 2.57. The van der Waals surface area contributed by atoms with Crippen molar-refractivity contribution in [2.75, 3.05) is 6.54 Å². The molecule has 1 aromatic rings. The zero-order valence-electron chi connectivity index (χ0n) is 12.1. The van der Waals surface area contributed by atoms with E-state index in [1.807, 2.05) is 6.92 Å². The van der Waals surface area contributed by atoms with Crippen LogP contribution in [-0.2, 0) is 4.79 Å². The molecule has 1 fully saturated rings. The second-order valence-corrected chi connectivity index (χ2v) is 5.85. The molecule has 1 atom stereocenters. The summed E-state index contributed by atoms with van der Waals surface area (Å²) in [5.74, 6) is -1.61. The minimum absolute atomic E-state index is 0.192. The molecule has 0 heterocycles. The maximum absolute atomic E-state index is 13.7. The highest BCUT2D eigenvalue weighted by Gasteiger charge is 2.26. The van der Waals surface area contributed by atoms with Crippen LogP contribution in [0.3, 0.4) is 0 Å². The van der Waals surface area contributed by atoms with Crippen LogP contribution in [0, 0.1) is 23.5 Å². The number of rotatable bonds is 5. The predicted molar refractivity (Wildman–Crippen MR) is 75.9 cm³/mol. The first kappa shape index (κ1) is 15.9. The summed E-state index contributed by atoms with van der Waals surface area (Å²) >= 11 is 0. The van der Waals surface area contributed by atoms with Crippen LogP contribution >= 0.6 is 0 Å². The number of aliphatic carboxylic acids is 1. The average Bonchev–Trinajstić information content (AvgIpc) is 2.45. The Balaban J connectivity index is 1.82. The summed E-state index contributed by atoms with van der Waals surface area (Å²) in [5.41, 5.74) is 0.454. The van der Waals surface area contributed by atoms with Crippen LogP contribution in [0.15, 0.2) is 18.2 Å². The number of nitrogens with one attached hydrogen (secondary N) is 1. The highest BCUT2D eigenvalue weighted by atomic mass is 19.1. The summed E-state index contributed by atoms with van der Waals surface area (Å²) in [7, 11) is 0. The molecule has 0 saturated heterocycles. The van der Waals surface area contributed by atoms with E-state index in [9.17, 15) is 13.6 Å². The smallest absolute Gasteiger partial charge is 0.306 e. The Kier molecular flexibility index (Phi) is 5.28. The van der Waals surface area contributed by atoms with E-state index in [1.54, 1.807) is 0 Å².